The van der Waals surface area contributed by atoms with Crippen LogP contribution in [0.3, 0.4) is 0 Å². The number of aromatic amines is 1. The zero-order chi connectivity index (χ0) is 25.6. The van der Waals surface area contributed by atoms with Gasteiger partial charge >= 0.3 is 0 Å². The molecule has 2 aliphatic rings. The average molecular weight is 497 g/mol. The van der Waals surface area contributed by atoms with Gasteiger partial charge in [-0.05, 0) is 69.8 Å². The van der Waals surface area contributed by atoms with Gasteiger partial charge in [-0.15, -0.1) is 0 Å². The van der Waals surface area contributed by atoms with Crippen LogP contribution in [0.25, 0.3) is 32.9 Å². The molecule has 1 aromatic heterocycles. The maximum Gasteiger partial charge on any atom is 0.0755 e. The molecule has 1 spiro atoms. The van der Waals surface area contributed by atoms with Gasteiger partial charge in [-0.3, -0.25) is 0 Å². The number of aromatic nitrogens is 1. The van der Waals surface area contributed by atoms with Crippen LogP contribution in [0.4, 0.5) is 17.1 Å². The van der Waals surface area contributed by atoms with E-state index >= 15 is 0 Å². The minimum atomic E-state index is -0.421. The molecule has 2 heteroatoms. The standard InChI is InChI=1S/C37H24N2/c1-2-12-24(13-3-1)39-35-21-11-9-19-31(35)37(29-17-7-4-14-25(29)26-15-5-8-18-30(26)37)32-23-34-28(22-36(32)39)27-16-6-10-20-33(27)38-34/h1-23,38H. The molecule has 1 aliphatic heterocycles. The molecular weight excluding hydrogens is 472 g/mol. The second-order valence-corrected chi connectivity index (χ2v) is 10.6. The van der Waals surface area contributed by atoms with Crippen LogP contribution in [-0.2, 0) is 5.41 Å². The lowest BCUT2D eigenvalue weighted by Gasteiger charge is -2.45. The van der Waals surface area contributed by atoms with Crippen LogP contribution in [0.1, 0.15) is 22.3 Å². The van der Waals surface area contributed by atoms with E-state index in [1.54, 1.807) is 0 Å². The van der Waals surface area contributed by atoms with Crippen LogP contribution >= 0.6 is 0 Å². The maximum absolute atomic E-state index is 3.74. The molecule has 0 fully saturated rings. The van der Waals surface area contributed by atoms with Gasteiger partial charge in [-0.2, -0.15) is 0 Å². The van der Waals surface area contributed by atoms with Crippen LogP contribution in [-0.4, -0.2) is 4.98 Å². The van der Waals surface area contributed by atoms with Gasteiger partial charge in [0.05, 0.1) is 16.8 Å². The first kappa shape index (κ1) is 20.9. The summed E-state index contributed by atoms with van der Waals surface area (Å²) in [5.74, 6) is 0. The van der Waals surface area contributed by atoms with Gasteiger partial charge in [0.15, 0.2) is 0 Å². The smallest absolute Gasteiger partial charge is 0.0755 e. The van der Waals surface area contributed by atoms with Gasteiger partial charge < -0.3 is 9.88 Å². The lowest BCUT2D eigenvalue weighted by atomic mass is 9.64. The van der Waals surface area contributed by atoms with Crippen LogP contribution in [0.15, 0.2) is 140 Å². The first-order chi connectivity index (χ1) is 19.4. The minimum absolute atomic E-state index is 0.421. The van der Waals surface area contributed by atoms with Crippen molar-refractivity contribution in [2.24, 2.45) is 0 Å². The molecule has 0 radical (unpaired) electrons. The lowest BCUT2D eigenvalue weighted by Crippen LogP contribution is -2.36. The van der Waals surface area contributed by atoms with Gasteiger partial charge in [-0.25, -0.2) is 0 Å². The highest BCUT2D eigenvalue weighted by molar-refractivity contribution is 6.10. The van der Waals surface area contributed by atoms with Crippen molar-refractivity contribution in [3.05, 3.63) is 162 Å². The Balaban J connectivity index is 1.51. The Morgan fingerprint density at radius 2 is 1.05 bits per heavy atom. The van der Waals surface area contributed by atoms with E-state index in [1.165, 1.54) is 72.2 Å². The van der Waals surface area contributed by atoms with Crippen molar-refractivity contribution in [3.8, 4) is 11.1 Å². The molecule has 0 atom stereocenters. The summed E-state index contributed by atoms with van der Waals surface area (Å²) < 4.78 is 0. The molecule has 39 heavy (non-hydrogen) atoms. The number of nitrogens with one attached hydrogen (secondary N) is 1. The van der Waals surface area contributed by atoms with E-state index in [9.17, 15) is 0 Å². The molecule has 2 nitrogen and oxygen atoms in total. The van der Waals surface area contributed by atoms with Crippen molar-refractivity contribution in [2.45, 2.75) is 5.41 Å². The third kappa shape index (κ3) is 2.56. The number of anilines is 3. The largest absolute Gasteiger partial charge is 0.354 e. The van der Waals surface area contributed by atoms with E-state index in [0.717, 1.165) is 0 Å². The van der Waals surface area contributed by atoms with Gasteiger partial charge in [-0.1, -0.05) is 103 Å². The predicted molar refractivity (Wildman–Crippen MR) is 161 cm³/mol. The quantitative estimate of drug-likeness (QED) is 0.240. The Labute approximate surface area is 226 Å². The fourth-order valence-corrected chi connectivity index (χ4v) is 7.30. The molecule has 0 saturated carbocycles. The molecule has 0 unspecified atom stereocenters. The summed E-state index contributed by atoms with van der Waals surface area (Å²) in [4.78, 5) is 6.20. The van der Waals surface area contributed by atoms with Crippen molar-refractivity contribution in [1.29, 1.82) is 0 Å². The monoisotopic (exact) mass is 496 g/mol. The molecule has 1 aliphatic carbocycles. The fourth-order valence-electron chi connectivity index (χ4n) is 7.30. The Morgan fingerprint density at radius 1 is 0.436 bits per heavy atom. The number of hydrogen-bond acceptors (Lipinski definition) is 1. The third-order valence-electron chi connectivity index (χ3n) is 8.78. The van der Waals surface area contributed by atoms with Gasteiger partial charge in [0.1, 0.15) is 0 Å². The summed E-state index contributed by atoms with van der Waals surface area (Å²) in [7, 11) is 0. The molecule has 2 heterocycles. The van der Waals surface area contributed by atoms with Crippen LogP contribution in [0.2, 0.25) is 0 Å². The van der Waals surface area contributed by atoms with Crippen molar-refractivity contribution < 1.29 is 0 Å². The summed E-state index contributed by atoms with van der Waals surface area (Å²) >= 11 is 0. The van der Waals surface area contributed by atoms with Gasteiger partial charge in [0.2, 0.25) is 0 Å². The van der Waals surface area contributed by atoms with Crippen molar-refractivity contribution in [1.82, 2.24) is 4.98 Å². The second-order valence-electron chi connectivity index (χ2n) is 10.6. The fraction of sp³-hybridized carbons (Fsp3) is 0.0270. The van der Waals surface area contributed by atoms with E-state index in [0.29, 0.717) is 0 Å². The zero-order valence-electron chi connectivity index (χ0n) is 21.2. The maximum atomic E-state index is 3.74. The molecule has 7 aromatic rings. The average Bonchev–Trinajstić information content (AvgIpc) is 3.51. The first-order valence-corrected chi connectivity index (χ1v) is 13.5. The highest BCUT2D eigenvalue weighted by Gasteiger charge is 2.51. The number of fused-ring (bicyclic) bond motifs is 12. The molecule has 6 aromatic carbocycles. The highest BCUT2D eigenvalue weighted by atomic mass is 15.2. The third-order valence-corrected chi connectivity index (χ3v) is 8.78. The van der Waals surface area contributed by atoms with Crippen LogP contribution in [0.5, 0.6) is 0 Å². The SMILES string of the molecule is c1ccc(N2c3ccccc3C3(c4ccccc4-c4ccccc43)c3cc4[nH]c5ccccc5c4cc32)cc1. The lowest BCUT2D eigenvalue weighted by molar-refractivity contribution is 0.754. The molecule has 1 N–H and O–H groups in total. The summed E-state index contributed by atoms with van der Waals surface area (Å²) in [6.07, 6.45) is 0. The van der Waals surface area contributed by atoms with Crippen molar-refractivity contribution in [2.75, 3.05) is 4.90 Å². The number of para-hydroxylation sites is 3. The van der Waals surface area contributed by atoms with Gasteiger partial charge in [0.25, 0.3) is 0 Å². The summed E-state index contributed by atoms with van der Waals surface area (Å²) in [6.45, 7) is 0. The van der Waals surface area contributed by atoms with Crippen LogP contribution in [0, 0.1) is 0 Å². The molecular formula is C37H24N2. The van der Waals surface area contributed by atoms with Gasteiger partial charge in [0, 0.05) is 27.5 Å². The molecule has 0 saturated heterocycles. The normalized spacial score (nSPS) is 14.3. The number of rotatable bonds is 1. The Hall–Kier alpha value is -5.08. The first-order valence-electron chi connectivity index (χ1n) is 13.5. The summed E-state index contributed by atoms with van der Waals surface area (Å²) in [5, 5.41) is 2.50. The van der Waals surface area contributed by atoms with Crippen molar-refractivity contribution >= 4 is 38.9 Å². The Morgan fingerprint density at radius 3 is 1.82 bits per heavy atom. The molecule has 9 rings (SSSR count). The van der Waals surface area contributed by atoms with E-state index in [-0.39, 0.29) is 0 Å². The number of H-pyrrole nitrogens is 1. The molecule has 0 amide bonds. The number of hydrogen-bond donors (Lipinski definition) is 1. The molecule has 182 valence electrons. The number of benzene rings is 6. The van der Waals surface area contributed by atoms with E-state index in [2.05, 4.69) is 149 Å². The summed E-state index contributed by atoms with van der Waals surface area (Å²) in [5.41, 5.74) is 13.5. The summed E-state index contributed by atoms with van der Waals surface area (Å²) in [6, 6.07) is 51.2. The van der Waals surface area contributed by atoms with E-state index in [4.69, 9.17) is 0 Å². The second kappa shape index (κ2) is 7.49. The van der Waals surface area contributed by atoms with E-state index in [1.807, 2.05) is 0 Å². The Kier molecular flexibility index (Phi) is 4.02. The predicted octanol–water partition coefficient (Wildman–Crippen LogP) is 9.47. The molecule has 0 bridgehead atoms. The topological polar surface area (TPSA) is 19.0 Å². The van der Waals surface area contributed by atoms with E-state index < -0.39 is 5.41 Å². The highest BCUT2D eigenvalue weighted by Crippen LogP contribution is 2.63. The number of nitrogens with zero attached hydrogens (tertiary/aromatic N) is 1. The Bertz CT molecular complexity index is 2040. The minimum Gasteiger partial charge on any atom is -0.354 e. The van der Waals surface area contributed by atoms with Crippen LogP contribution < -0.4 is 4.90 Å². The zero-order valence-corrected chi connectivity index (χ0v) is 21.2. The van der Waals surface area contributed by atoms with Crippen molar-refractivity contribution in [3.63, 3.8) is 0 Å².